The van der Waals surface area contributed by atoms with Crippen LogP contribution in [0.5, 0.6) is 0 Å². The first-order valence-electron chi connectivity index (χ1n) is 8.92. The lowest BCUT2D eigenvalue weighted by Gasteiger charge is -2.23. The van der Waals surface area contributed by atoms with Crippen molar-refractivity contribution < 1.29 is 0 Å². The molecule has 0 atom stereocenters. The number of allylic oxidation sites excluding steroid dienone is 1. The summed E-state index contributed by atoms with van der Waals surface area (Å²) in [7, 11) is 0. The molecule has 1 fully saturated rings. The number of aromatic amines is 1. The van der Waals surface area contributed by atoms with Crippen LogP contribution in [-0.2, 0) is 6.42 Å². The van der Waals surface area contributed by atoms with E-state index in [1.165, 1.54) is 37.7 Å². The van der Waals surface area contributed by atoms with E-state index in [0.29, 0.717) is 6.04 Å². The van der Waals surface area contributed by atoms with Crippen molar-refractivity contribution in [1.29, 1.82) is 0 Å². The smallest absolute Gasteiger partial charge is 0.160 e. The molecule has 1 aromatic carbocycles. The molecular formula is C20H25N5. The van der Waals surface area contributed by atoms with Crippen molar-refractivity contribution in [2.75, 3.05) is 5.32 Å². The third kappa shape index (κ3) is 4.89. The van der Waals surface area contributed by atoms with E-state index in [0.717, 1.165) is 23.3 Å². The average Bonchev–Trinajstić information content (AvgIpc) is 3.14. The molecule has 0 spiro atoms. The number of anilines is 1. The quantitative estimate of drug-likeness (QED) is 0.688. The van der Waals surface area contributed by atoms with Gasteiger partial charge in [0.2, 0.25) is 0 Å². The van der Waals surface area contributed by atoms with Crippen LogP contribution in [0.1, 0.15) is 37.7 Å². The molecule has 4 rings (SSSR count). The standard InChI is InChI=1S/C11H15N5.C9H10/c1-2-4-8(5-3-1)15-10-9-6-14-16-11(9)13-7-12-10;1-2-6-9-7-4-3-5-8-9/h6-8H,1-5H2,(H2,12,13,14,15,16);2-5,7-8H,1,6H2. The van der Waals surface area contributed by atoms with E-state index >= 15 is 0 Å². The Morgan fingerprint density at radius 2 is 1.92 bits per heavy atom. The number of nitrogens with one attached hydrogen (secondary N) is 2. The minimum absolute atomic E-state index is 0.557. The summed E-state index contributed by atoms with van der Waals surface area (Å²) in [5.74, 6) is 0.908. The van der Waals surface area contributed by atoms with Crippen molar-refractivity contribution in [2.45, 2.75) is 44.6 Å². The van der Waals surface area contributed by atoms with E-state index in [1.54, 1.807) is 12.5 Å². The Labute approximate surface area is 148 Å². The Morgan fingerprint density at radius 1 is 1.12 bits per heavy atom. The first-order chi connectivity index (χ1) is 12.4. The number of hydrogen-bond donors (Lipinski definition) is 2. The van der Waals surface area contributed by atoms with E-state index in [9.17, 15) is 0 Å². The summed E-state index contributed by atoms with van der Waals surface area (Å²) >= 11 is 0. The van der Waals surface area contributed by atoms with E-state index < -0.39 is 0 Å². The van der Waals surface area contributed by atoms with Gasteiger partial charge in [-0.1, -0.05) is 55.7 Å². The number of rotatable bonds is 4. The first kappa shape index (κ1) is 17.1. The van der Waals surface area contributed by atoms with Gasteiger partial charge in [-0.3, -0.25) is 5.10 Å². The third-order valence-electron chi connectivity index (χ3n) is 4.42. The molecule has 2 heterocycles. The molecule has 1 aliphatic carbocycles. The molecule has 0 saturated heterocycles. The van der Waals surface area contributed by atoms with Gasteiger partial charge >= 0.3 is 0 Å². The second-order valence-electron chi connectivity index (χ2n) is 6.31. The second-order valence-corrected chi connectivity index (χ2v) is 6.31. The number of nitrogens with zero attached hydrogens (tertiary/aromatic N) is 3. The molecule has 25 heavy (non-hydrogen) atoms. The van der Waals surface area contributed by atoms with Crippen LogP contribution >= 0.6 is 0 Å². The van der Waals surface area contributed by atoms with Crippen molar-refractivity contribution in [1.82, 2.24) is 20.2 Å². The van der Waals surface area contributed by atoms with Crippen LogP contribution < -0.4 is 5.32 Å². The minimum atomic E-state index is 0.557. The van der Waals surface area contributed by atoms with Gasteiger partial charge < -0.3 is 5.32 Å². The number of fused-ring (bicyclic) bond motifs is 1. The van der Waals surface area contributed by atoms with Crippen molar-refractivity contribution in [2.24, 2.45) is 0 Å². The fourth-order valence-corrected chi connectivity index (χ4v) is 3.10. The monoisotopic (exact) mass is 335 g/mol. The minimum Gasteiger partial charge on any atom is -0.367 e. The summed E-state index contributed by atoms with van der Waals surface area (Å²) in [6.07, 6.45) is 12.7. The van der Waals surface area contributed by atoms with E-state index in [4.69, 9.17) is 0 Å². The number of H-pyrrole nitrogens is 1. The summed E-state index contributed by atoms with van der Waals surface area (Å²) in [4.78, 5) is 8.42. The Hall–Kier alpha value is -2.69. The number of hydrogen-bond acceptors (Lipinski definition) is 4. The maximum Gasteiger partial charge on any atom is 0.160 e. The second kappa shape index (κ2) is 8.97. The van der Waals surface area contributed by atoms with Crippen LogP contribution in [0.3, 0.4) is 0 Å². The summed E-state index contributed by atoms with van der Waals surface area (Å²) in [6, 6.07) is 10.9. The highest BCUT2D eigenvalue weighted by molar-refractivity contribution is 5.85. The zero-order valence-electron chi connectivity index (χ0n) is 14.5. The highest BCUT2D eigenvalue weighted by atomic mass is 15.2. The average molecular weight is 335 g/mol. The molecular weight excluding hydrogens is 310 g/mol. The molecule has 130 valence electrons. The summed E-state index contributed by atoms with van der Waals surface area (Å²) in [5.41, 5.74) is 2.13. The molecule has 0 aliphatic heterocycles. The fraction of sp³-hybridized carbons (Fsp3) is 0.350. The van der Waals surface area contributed by atoms with Crippen LogP contribution in [0.15, 0.2) is 55.5 Å². The van der Waals surface area contributed by atoms with Crippen LogP contribution in [0, 0.1) is 0 Å². The predicted octanol–water partition coefficient (Wildman–Crippen LogP) is 4.51. The summed E-state index contributed by atoms with van der Waals surface area (Å²) < 4.78 is 0. The van der Waals surface area contributed by atoms with Gasteiger partial charge in [0.15, 0.2) is 5.65 Å². The highest BCUT2D eigenvalue weighted by Crippen LogP contribution is 2.23. The van der Waals surface area contributed by atoms with Crippen molar-refractivity contribution in [3.8, 4) is 0 Å². The van der Waals surface area contributed by atoms with Gasteiger partial charge in [-0.15, -0.1) is 6.58 Å². The lowest BCUT2D eigenvalue weighted by Crippen LogP contribution is -2.22. The largest absolute Gasteiger partial charge is 0.367 e. The lowest BCUT2D eigenvalue weighted by atomic mass is 9.95. The molecule has 0 unspecified atom stereocenters. The Morgan fingerprint density at radius 3 is 2.68 bits per heavy atom. The van der Waals surface area contributed by atoms with E-state index in [-0.39, 0.29) is 0 Å². The predicted molar refractivity (Wildman–Crippen MR) is 103 cm³/mol. The third-order valence-corrected chi connectivity index (χ3v) is 4.42. The van der Waals surface area contributed by atoms with Gasteiger partial charge in [0.25, 0.3) is 0 Å². The zero-order valence-corrected chi connectivity index (χ0v) is 14.5. The zero-order chi connectivity index (χ0) is 17.3. The Kier molecular flexibility index (Phi) is 6.15. The fourth-order valence-electron chi connectivity index (χ4n) is 3.10. The SMILES string of the molecule is C=CCc1ccccc1.c1nc(NC2CCCCC2)c2cn[nH]c2n1. The molecule has 0 bridgehead atoms. The van der Waals surface area contributed by atoms with Gasteiger partial charge in [-0.05, 0) is 24.8 Å². The van der Waals surface area contributed by atoms with Gasteiger partial charge in [-0.25, -0.2) is 9.97 Å². The lowest BCUT2D eigenvalue weighted by molar-refractivity contribution is 0.462. The Balaban J connectivity index is 0.000000173. The van der Waals surface area contributed by atoms with E-state index in [1.807, 2.05) is 24.3 Å². The number of benzene rings is 1. The van der Waals surface area contributed by atoms with Crippen molar-refractivity contribution >= 4 is 16.9 Å². The normalized spacial score (nSPS) is 14.6. The maximum atomic E-state index is 4.29. The summed E-state index contributed by atoms with van der Waals surface area (Å²) in [5, 5.41) is 11.3. The van der Waals surface area contributed by atoms with Crippen molar-refractivity contribution in [3.63, 3.8) is 0 Å². The topological polar surface area (TPSA) is 66.5 Å². The molecule has 2 aromatic heterocycles. The van der Waals surface area contributed by atoms with Gasteiger partial charge in [0.1, 0.15) is 12.1 Å². The van der Waals surface area contributed by atoms with Gasteiger partial charge in [0.05, 0.1) is 11.6 Å². The van der Waals surface area contributed by atoms with Crippen LogP contribution in [0.25, 0.3) is 11.0 Å². The van der Waals surface area contributed by atoms with Crippen LogP contribution in [0.2, 0.25) is 0 Å². The van der Waals surface area contributed by atoms with E-state index in [2.05, 4.69) is 44.2 Å². The van der Waals surface area contributed by atoms with Gasteiger partial charge in [-0.2, -0.15) is 5.10 Å². The first-order valence-corrected chi connectivity index (χ1v) is 8.92. The van der Waals surface area contributed by atoms with Crippen LogP contribution in [0.4, 0.5) is 5.82 Å². The molecule has 0 radical (unpaired) electrons. The molecule has 0 amide bonds. The number of aromatic nitrogens is 4. The molecule has 2 N–H and O–H groups in total. The summed E-state index contributed by atoms with van der Waals surface area (Å²) in [6.45, 7) is 3.66. The highest BCUT2D eigenvalue weighted by Gasteiger charge is 2.15. The molecule has 1 saturated carbocycles. The molecule has 3 aromatic rings. The molecule has 1 aliphatic rings. The molecule has 5 nitrogen and oxygen atoms in total. The molecule has 5 heteroatoms. The van der Waals surface area contributed by atoms with Crippen LogP contribution in [-0.4, -0.2) is 26.2 Å². The van der Waals surface area contributed by atoms with Crippen molar-refractivity contribution in [3.05, 3.63) is 61.1 Å². The van der Waals surface area contributed by atoms with Gasteiger partial charge in [0, 0.05) is 6.04 Å². The maximum absolute atomic E-state index is 4.29. The Bertz CT molecular complexity index is 775.